The highest BCUT2D eigenvalue weighted by molar-refractivity contribution is 6.35. The van der Waals surface area contributed by atoms with E-state index in [9.17, 15) is 14.3 Å². The van der Waals surface area contributed by atoms with Crippen molar-refractivity contribution in [2.75, 3.05) is 6.61 Å². The lowest BCUT2D eigenvalue weighted by atomic mass is 9.74. The molecule has 1 saturated heterocycles. The Labute approximate surface area is 224 Å². The number of carboxylic acid groups (broad SMARTS) is 1. The molecule has 1 N–H and O–H groups in total. The molecule has 4 atom stereocenters. The van der Waals surface area contributed by atoms with E-state index in [1.807, 2.05) is 31.2 Å². The van der Waals surface area contributed by atoms with Gasteiger partial charge in [0.2, 0.25) is 0 Å². The molecule has 8 heteroatoms. The fourth-order valence-electron chi connectivity index (χ4n) is 4.74. The van der Waals surface area contributed by atoms with Gasteiger partial charge in [-0.15, -0.1) is 0 Å². The number of rotatable bonds is 7. The van der Waals surface area contributed by atoms with Crippen molar-refractivity contribution in [1.82, 2.24) is 0 Å². The zero-order valence-corrected chi connectivity index (χ0v) is 21.7. The van der Waals surface area contributed by atoms with Crippen molar-refractivity contribution in [3.63, 3.8) is 0 Å². The van der Waals surface area contributed by atoms with Crippen LogP contribution in [-0.4, -0.2) is 17.7 Å². The van der Waals surface area contributed by atoms with Crippen molar-refractivity contribution in [2.24, 2.45) is 5.92 Å². The standard InChI is InChI=1S/C28H24Cl3FO4/c1-15(2)21-13-22(16-5-3-7-18(29)9-16)26(17-6-4-8-20(32)10-17)36-27(21)23-11-19(30)12-24(31)28(23)35-14-25(33)34/h3-12,21-22,26-27H,1,13-14H2,2H3,(H,33,34)/t21-,22-,26+,27+/m1/s1. The van der Waals surface area contributed by atoms with Crippen LogP contribution >= 0.6 is 34.8 Å². The summed E-state index contributed by atoms with van der Waals surface area (Å²) in [5.74, 6) is -1.72. The van der Waals surface area contributed by atoms with Crippen LogP contribution in [0.5, 0.6) is 5.75 Å². The molecule has 0 aromatic heterocycles. The first-order chi connectivity index (χ1) is 17.1. The third-order valence-electron chi connectivity index (χ3n) is 6.30. The van der Waals surface area contributed by atoms with Gasteiger partial charge in [0.05, 0.1) is 17.2 Å². The maximum absolute atomic E-state index is 14.3. The summed E-state index contributed by atoms with van der Waals surface area (Å²) in [6, 6.07) is 17.0. The minimum Gasteiger partial charge on any atom is -0.480 e. The Morgan fingerprint density at radius 1 is 1.06 bits per heavy atom. The van der Waals surface area contributed by atoms with Crippen LogP contribution in [0, 0.1) is 11.7 Å². The Balaban J connectivity index is 1.85. The van der Waals surface area contributed by atoms with E-state index in [0.717, 1.165) is 11.1 Å². The molecule has 3 aromatic carbocycles. The van der Waals surface area contributed by atoms with Gasteiger partial charge in [-0.1, -0.05) is 71.2 Å². The summed E-state index contributed by atoms with van der Waals surface area (Å²) in [5.41, 5.74) is 2.97. The lowest BCUT2D eigenvalue weighted by molar-refractivity contribution is -0.139. The Hall–Kier alpha value is -2.57. The molecular weight excluding hydrogens is 526 g/mol. The van der Waals surface area contributed by atoms with Crippen molar-refractivity contribution in [3.05, 3.63) is 110 Å². The van der Waals surface area contributed by atoms with Crippen LogP contribution in [0.25, 0.3) is 0 Å². The van der Waals surface area contributed by atoms with Crippen LogP contribution in [0.4, 0.5) is 4.39 Å². The predicted molar refractivity (Wildman–Crippen MR) is 140 cm³/mol. The van der Waals surface area contributed by atoms with Gasteiger partial charge in [0.15, 0.2) is 6.61 Å². The van der Waals surface area contributed by atoms with Gasteiger partial charge >= 0.3 is 5.97 Å². The van der Waals surface area contributed by atoms with Gasteiger partial charge in [-0.05, 0) is 60.9 Å². The molecule has 1 aliphatic rings. The molecule has 188 valence electrons. The zero-order valence-electron chi connectivity index (χ0n) is 19.4. The monoisotopic (exact) mass is 548 g/mol. The summed E-state index contributed by atoms with van der Waals surface area (Å²) in [5, 5.41) is 10.3. The number of hydrogen-bond donors (Lipinski definition) is 1. The highest BCUT2D eigenvalue weighted by Crippen LogP contribution is 2.54. The minimum atomic E-state index is -1.15. The minimum absolute atomic E-state index is 0.165. The second-order valence-electron chi connectivity index (χ2n) is 8.87. The molecule has 36 heavy (non-hydrogen) atoms. The van der Waals surface area contributed by atoms with Crippen LogP contribution in [-0.2, 0) is 9.53 Å². The molecule has 1 heterocycles. The number of hydrogen-bond acceptors (Lipinski definition) is 3. The third-order valence-corrected chi connectivity index (χ3v) is 7.04. The number of carbonyl (C=O) groups is 1. The average molecular weight is 550 g/mol. The normalized spacial score (nSPS) is 21.7. The number of halogens is 4. The van der Waals surface area contributed by atoms with Crippen molar-refractivity contribution in [2.45, 2.75) is 31.5 Å². The summed E-state index contributed by atoms with van der Waals surface area (Å²) in [6.45, 7) is 5.51. The Kier molecular flexibility index (Phi) is 8.26. The van der Waals surface area contributed by atoms with E-state index < -0.39 is 24.8 Å². The molecule has 4 rings (SSSR count). The Morgan fingerprint density at radius 3 is 2.44 bits per heavy atom. The van der Waals surface area contributed by atoms with Crippen molar-refractivity contribution in [1.29, 1.82) is 0 Å². The fraction of sp³-hybridized carbons (Fsp3) is 0.250. The van der Waals surface area contributed by atoms with E-state index in [2.05, 4.69) is 6.58 Å². The second-order valence-corrected chi connectivity index (χ2v) is 10.2. The van der Waals surface area contributed by atoms with E-state index in [4.69, 9.17) is 44.3 Å². The number of aliphatic carboxylic acids is 1. The zero-order chi connectivity index (χ0) is 26.0. The summed E-state index contributed by atoms with van der Waals surface area (Å²) in [4.78, 5) is 11.2. The fourth-order valence-corrected chi connectivity index (χ4v) is 5.50. The van der Waals surface area contributed by atoms with Crippen LogP contribution in [0.2, 0.25) is 15.1 Å². The first-order valence-corrected chi connectivity index (χ1v) is 12.4. The van der Waals surface area contributed by atoms with Gasteiger partial charge in [-0.2, -0.15) is 0 Å². The topological polar surface area (TPSA) is 55.8 Å². The largest absolute Gasteiger partial charge is 0.480 e. The van der Waals surface area contributed by atoms with E-state index in [-0.39, 0.29) is 28.4 Å². The highest BCUT2D eigenvalue weighted by Gasteiger charge is 2.42. The van der Waals surface area contributed by atoms with Gasteiger partial charge in [-0.25, -0.2) is 9.18 Å². The molecule has 3 aromatic rings. The molecule has 0 bridgehead atoms. The third kappa shape index (κ3) is 5.87. The average Bonchev–Trinajstić information content (AvgIpc) is 2.82. The maximum Gasteiger partial charge on any atom is 0.341 e. The van der Waals surface area contributed by atoms with E-state index >= 15 is 0 Å². The summed E-state index contributed by atoms with van der Waals surface area (Å²) < 4.78 is 26.6. The molecule has 4 nitrogen and oxygen atoms in total. The van der Waals surface area contributed by atoms with E-state index in [0.29, 0.717) is 27.6 Å². The molecule has 1 fully saturated rings. The second kappa shape index (κ2) is 11.2. The lowest BCUT2D eigenvalue weighted by Gasteiger charge is -2.43. The van der Waals surface area contributed by atoms with Gasteiger partial charge in [0, 0.05) is 27.4 Å². The number of ether oxygens (including phenoxy) is 2. The number of carboxylic acids is 1. The van der Waals surface area contributed by atoms with Crippen LogP contribution in [0.15, 0.2) is 72.8 Å². The first kappa shape index (κ1) is 26.5. The van der Waals surface area contributed by atoms with E-state index in [1.54, 1.807) is 18.2 Å². The van der Waals surface area contributed by atoms with Crippen LogP contribution in [0.3, 0.4) is 0 Å². The molecule has 0 spiro atoms. The highest BCUT2D eigenvalue weighted by atomic mass is 35.5. The molecule has 0 saturated carbocycles. The predicted octanol–water partition coefficient (Wildman–Crippen LogP) is 8.43. The Bertz CT molecular complexity index is 1300. The Morgan fingerprint density at radius 2 is 1.78 bits per heavy atom. The maximum atomic E-state index is 14.3. The molecule has 0 unspecified atom stereocenters. The SMILES string of the molecule is C=C(C)[C@H]1C[C@H](c2cccc(Cl)c2)[C@H](c2cccc(F)c2)O[C@@H]1c1cc(Cl)cc(Cl)c1OCC(=O)O. The van der Waals surface area contributed by atoms with Gasteiger partial charge in [0.1, 0.15) is 11.6 Å². The molecule has 0 amide bonds. The number of benzene rings is 3. The van der Waals surface area contributed by atoms with Crippen LogP contribution in [0.1, 0.15) is 48.2 Å². The molecule has 0 aliphatic carbocycles. The van der Waals surface area contributed by atoms with Crippen molar-refractivity contribution >= 4 is 40.8 Å². The molecule has 0 radical (unpaired) electrons. The summed E-state index contributed by atoms with van der Waals surface area (Å²) >= 11 is 19.1. The van der Waals surface area contributed by atoms with Crippen molar-refractivity contribution < 1.29 is 23.8 Å². The molecular formula is C28H24Cl3FO4. The summed E-state index contributed by atoms with van der Waals surface area (Å²) in [6.07, 6.45) is -0.583. The van der Waals surface area contributed by atoms with Gasteiger partial charge in [0.25, 0.3) is 0 Å². The van der Waals surface area contributed by atoms with Gasteiger partial charge in [-0.3, -0.25) is 0 Å². The smallest absolute Gasteiger partial charge is 0.341 e. The van der Waals surface area contributed by atoms with E-state index in [1.165, 1.54) is 18.2 Å². The first-order valence-electron chi connectivity index (χ1n) is 11.3. The van der Waals surface area contributed by atoms with Gasteiger partial charge < -0.3 is 14.6 Å². The lowest BCUT2D eigenvalue weighted by Crippen LogP contribution is -2.32. The quantitative estimate of drug-likeness (QED) is 0.301. The summed E-state index contributed by atoms with van der Waals surface area (Å²) in [7, 11) is 0. The van der Waals surface area contributed by atoms with Crippen molar-refractivity contribution in [3.8, 4) is 5.75 Å². The molecule has 1 aliphatic heterocycles. The van der Waals surface area contributed by atoms with Crippen LogP contribution < -0.4 is 4.74 Å².